The van der Waals surface area contributed by atoms with E-state index >= 15 is 0 Å². The van der Waals surface area contributed by atoms with Gasteiger partial charge in [0.25, 0.3) is 0 Å². The van der Waals surface area contributed by atoms with E-state index in [1.165, 1.54) is 6.92 Å². The minimum absolute atomic E-state index is 0.257. The average Bonchev–Trinajstić information content (AvgIpc) is 3.28. The van der Waals surface area contributed by atoms with E-state index in [9.17, 15) is 4.79 Å². The van der Waals surface area contributed by atoms with Crippen LogP contribution in [0.25, 0.3) is 22.5 Å². The van der Waals surface area contributed by atoms with E-state index in [-0.39, 0.29) is 11.6 Å². The maximum atomic E-state index is 12.1. The van der Waals surface area contributed by atoms with E-state index in [2.05, 4.69) is 36.3 Å². The van der Waals surface area contributed by atoms with Crippen LogP contribution in [0.4, 0.5) is 0 Å². The van der Waals surface area contributed by atoms with Crippen LogP contribution in [0.15, 0.2) is 60.7 Å². The molecule has 1 aliphatic heterocycles. The lowest BCUT2D eigenvalue weighted by Gasteiger charge is -2.36. The van der Waals surface area contributed by atoms with Gasteiger partial charge in [0.15, 0.2) is 0 Å². The molecule has 184 valence electrons. The van der Waals surface area contributed by atoms with Crippen LogP contribution >= 0.6 is 0 Å². The Balaban J connectivity index is 1.71. The molecule has 0 spiro atoms. The lowest BCUT2D eigenvalue weighted by molar-refractivity contribution is -0.132. The Kier molecular flexibility index (Phi) is 6.12. The van der Waals surface area contributed by atoms with Crippen molar-refractivity contribution in [2.24, 2.45) is 0 Å². The number of aromatic nitrogens is 3. The van der Waals surface area contributed by atoms with E-state index in [0.29, 0.717) is 12.3 Å². The zero-order chi connectivity index (χ0) is 25.4. The van der Waals surface area contributed by atoms with Crippen molar-refractivity contribution in [3.05, 3.63) is 82.9 Å². The Morgan fingerprint density at radius 3 is 2.28 bits per heavy atom. The molecule has 0 atom stereocenters. The van der Waals surface area contributed by atoms with Gasteiger partial charge in [0.05, 0.1) is 12.2 Å². The first-order chi connectivity index (χ1) is 17.2. The molecule has 1 aliphatic rings. The highest BCUT2D eigenvalue weighted by atomic mass is 16.5. The molecule has 0 N–H and O–H groups in total. The molecular formula is C30H31N3O3. The fraction of sp³-hybridized carbons (Fsp3) is 0.300. The van der Waals surface area contributed by atoms with E-state index in [1.54, 1.807) is 0 Å². The second kappa shape index (κ2) is 9.26. The third-order valence-corrected chi connectivity index (χ3v) is 6.89. The summed E-state index contributed by atoms with van der Waals surface area (Å²) < 4.78 is 14.2. The van der Waals surface area contributed by atoms with Crippen LogP contribution < -0.4 is 9.47 Å². The molecule has 0 radical (unpaired) electrons. The van der Waals surface area contributed by atoms with Gasteiger partial charge < -0.3 is 9.47 Å². The Morgan fingerprint density at radius 2 is 1.64 bits per heavy atom. The van der Waals surface area contributed by atoms with Gasteiger partial charge in [0.1, 0.15) is 22.8 Å². The largest absolute Gasteiger partial charge is 0.487 e. The highest BCUT2D eigenvalue weighted by molar-refractivity contribution is 5.78. The maximum absolute atomic E-state index is 12.1. The van der Waals surface area contributed by atoms with Crippen molar-refractivity contribution in [2.45, 2.75) is 59.6 Å². The van der Waals surface area contributed by atoms with Crippen LogP contribution in [-0.2, 0) is 17.8 Å². The second-order valence-corrected chi connectivity index (χ2v) is 10.00. The average molecular weight is 482 g/mol. The number of benzene rings is 3. The molecule has 6 heteroatoms. The number of rotatable bonds is 5. The lowest BCUT2D eigenvalue weighted by Crippen LogP contribution is -2.34. The molecule has 0 amide bonds. The predicted octanol–water partition coefficient (Wildman–Crippen LogP) is 6.31. The summed E-state index contributed by atoms with van der Waals surface area (Å²) in [6.45, 7) is 10.1. The van der Waals surface area contributed by atoms with Crippen LogP contribution in [0.1, 0.15) is 49.4 Å². The standard InChI is InChI=1S/C30H31N3O3/c1-19-20(2)29-24(16-17-30(4,5)36-29)25(28(19)35-21(3)34)18-33-27(23-14-10-7-11-15-23)26(31-32-33)22-12-8-6-9-13-22/h6-15H,16-18H2,1-5H3. The minimum atomic E-state index is -0.345. The third kappa shape index (κ3) is 4.39. The fourth-order valence-corrected chi connectivity index (χ4v) is 4.92. The SMILES string of the molecule is CC(=O)Oc1c(C)c(C)c2c(c1Cn1nnc(-c3ccccc3)c1-c1ccccc1)CCC(C)(C)O2. The molecule has 0 unspecified atom stereocenters. The predicted molar refractivity (Wildman–Crippen MR) is 140 cm³/mol. The molecule has 0 saturated carbocycles. The van der Waals surface area contributed by atoms with Crippen molar-refractivity contribution in [1.82, 2.24) is 15.0 Å². The van der Waals surface area contributed by atoms with Crippen LogP contribution in [0.5, 0.6) is 11.5 Å². The minimum Gasteiger partial charge on any atom is -0.487 e. The number of hydrogen-bond acceptors (Lipinski definition) is 5. The van der Waals surface area contributed by atoms with E-state index < -0.39 is 0 Å². The summed E-state index contributed by atoms with van der Waals surface area (Å²) in [6, 6.07) is 20.2. The molecule has 36 heavy (non-hydrogen) atoms. The van der Waals surface area contributed by atoms with Crippen LogP contribution in [0, 0.1) is 13.8 Å². The topological polar surface area (TPSA) is 66.2 Å². The Hall–Kier alpha value is -3.93. The quantitative estimate of drug-likeness (QED) is 0.247. The molecule has 0 saturated heterocycles. The van der Waals surface area contributed by atoms with Gasteiger partial charge in [-0.05, 0) is 51.7 Å². The van der Waals surface area contributed by atoms with Gasteiger partial charge >= 0.3 is 5.97 Å². The zero-order valence-electron chi connectivity index (χ0n) is 21.5. The van der Waals surface area contributed by atoms with Gasteiger partial charge in [-0.3, -0.25) is 4.79 Å². The van der Waals surface area contributed by atoms with Crippen molar-refractivity contribution in [3.8, 4) is 34.0 Å². The number of carbonyl (C=O) groups excluding carboxylic acids is 1. The Morgan fingerprint density at radius 1 is 1.00 bits per heavy atom. The highest BCUT2D eigenvalue weighted by Crippen LogP contribution is 2.45. The summed E-state index contributed by atoms with van der Waals surface area (Å²) in [5.41, 5.74) is 7.38. The van der Waals surface area contributed by atoms with Crippen molar-refractivity contribution in [1.29, 1.82) is 0 Å². The number of ether oxygens (including phenoxy) is 2. The van der Waals surface area contributed by atoms with Gasteiger partial charge in [-0.25, -0.2) is 4.68 Å². The van der Waals surface area contributed by atoms with Crippen molar-refractivity contribution in [3.63, 3.8) is 0 Å². The summed E-state index contributed by atoms with van der Waals surface area (Å²) in [5.74, 6) is 1.14. The first kappa shape index (κ1) is 23.8. The third-order valence-electron chi connectivity index (χ3n) is 6.89. The van der Waals surface area contributed by atoms with Gasteiger partial charge in [-0.1, -0.05) is 65.9 Å². The van der Waals surface area contributed by atoms with Gasteiger partial charge in [0, 0.05) is 29.2 Å². The molecule has 0 aliphatic carbocycles. The smallest absolute Gasteiger partial charge is 0.308 e. The molecule has 0 bridgehead atoms. The second-order valence-electron chi connectivity index (χ2n) is 10.00. The van der Waals surface area contributed by atoms with Crippen molar-refractivity contribution in [2.75, 3.05) is 0 Å². The fourth-order valence-electron chi connectivity index (χ4n) is 4.92. The van der Waals surface area contributed by atoms with E-state index in [1.807, 2.05) is 67.1 Å². The first-order valence-corrected chi connectivity index (χ1v) is 12.3. The molecule has 4 aromatic rings. The summed E-state index contributed by atoms with van der Waals surface area (Å²) >= 11 is 0. The number of hydrogen-bond donors (Lipinski definition) is 0. The van der Waals surface area contributed by atoms with Gasteiger partial charge in [0.2, 0.25) is 0 Å². The van der Waals surface area contributed by atoms with Crippen LogP contribution in [-0.4, -0.2) is 26.6 Å². The van der Waals surface area contributed by atoms with Crippen molar-refractivity contribution < 1.29 is 14.3 Å². The van der Waals surface area contributed by atoms with E-state index in [0.717, 1.165) is 63.4 Å². The zero-order valence-corrected chi connectivity index (χ0v) is 21.5. The van der Waals surface area contributed by atoms with Crippen molar-refractivity contribution >= 4 is 5.97 Å². The van der Waals surface area contributed by atoms with Crippen LogP contribution in [0.3, 0.4) is 0 Å². The summed E-state index contributed by atoms with van der Waals surface area (Å²) in [5, 5.41) is 9.20. The summed E-state index contributed by atoms with van der Waals surface area (Å²) in [6.07, 6.45) is 1.70. The van der Waals surface area contributed by atoms with E-state index in [4.69, 9.17) is 9.47 Å². The Labute approximate surface area is 211 Å². The Bertz CT molecular complexity index is 1420. The first-order valence-electron chi connectivity index (χ1n) is 12.3. The normalized spacial score (nSPS) is 14.1. The molecule has 6 nitrogen and oxygen atoms in total. The number of carbonyl (C=O) groups is 1. The molecular weight excluding hydrogens is 450 g/mol. The summed E-state index contributed by atoms with van der Waals surface area (Å²) in [4.78, 5) is 12.1. The maximum Gasteiger partial charge on any atom is 0.308 e. The lowest BCUT2D eigenvalue weighted by atomic mass is 9.87. The number of fused-ring (bicyclic) bond motifs is 1. The highest BCUT2D eigenvalue weighted by Gasteiger charge is 2.33. The van der Waals surface area contributed by atoms with Crippen LogP contribution in [0.2, 0.25) is 0 Å². The molecule has 1 aromatic heterocycles. The monoisotopic (exact) mass is 481 g/mol. The number of nitrogens with zero attached hydrogens (tertiary/aromatic N) is 3. The number of esters is 1. The van der Waals surface area contributed by atoms with Gasteiger partial charge in [-0.15, -0.1) is 5.10 Å². The summed E-state index contributed by atoms with van der Waals surface area (Å²) in [7, 11) is 0. The molecule has 3 aromatic carbocycles. The molecule has 0 fully saturated rings. The van der Waals surface area contributed by atoms with Gasteiger partial charge in [-0.2, -0.15) is 0 Å². The molecule has 5 rings (SSSR count). The molecule has 2 heterocycles.